The van der Waals surface area contributed by atoms with Crippen LogP contribution in [-0.4, -0.2) is 22.8 Å². The number of hydrogen-bond donors (Lipinski definition) is 1. The fourth-order valence-corrected chi connectivity index (χ4v) is 3.53. The van der Waals surface area contributed by atoms with Crippen LogP contribution in [0.3, 0.4) is 0 Å². The van der Waals surface area contributed by atoms with Gasteiger partial charge in [0.25, 0.3) is 0 Å². The van der Waals surface area contributed by atoms with E-state index in [1.165, 1.54) is 13.2 Å². The Labute approximate surface area is 150 Å². The first-order valence-electron chi connectivity index (χ1n) is 8.10. The van der Waals surface area contributed by atoms with Gasteiger partial charge in [0, 0.05) is 22.0 Å². The van der Waals surface area contributed by atoms with Gasteiger partial charge in [-0.2, -0.15) is 0 Å². The number of fused-ring (bicyclic) bond motifs is 1. The van der Waals surface area contributed by atoms with Crippen molar-refractivity contribution in [2.45, 2.75) is 33.7 Å². The quantitative estimate of drug-likeness (QED) is 0.704. The van der Waals surface area contributed by atoms with E-state index in [-0.39, 0.29) is 12.2 Å². The fraction of sp³-hybridized carbons (Fsp3) is 0.316. The molecular formula is C19H22FNO3S. The topological polar surface area (TPSA) is 51.5 Å². The van der Waals surface area contributed by atoms with Gasteiger partial charge in [-0.1, -0.05) is 19.9 Å². The van der Waals surface area contributed by atoms with E-state index in [9.17, 15) is 14.3 Å². The number of aliphatic carboxylic acids is 1. The second kappa shape index (κ2) is 8.16. The molecule has 0 spiro atoms. The highest BCUT2D eigenvalue weighted by atomic mass is 32.1. The van der Waals surface area contributed by atoms with Crippen molar-refractivity contribution in [3.05, 3.63) is 51.6 Å². The van der Waals surface area contributed by atoms with Crippen molar-refractivity contribution in [3.8, 4) is 5.75 Å². The number of ether oxygens (including phenoxy) is 1. The van der Waals surface area contributed by atoms with Crippen LogP contribution in [0.2, 0.25) is 0 Å². The van der Waals surface area contributed by atoms with Crippen molar-refractivity contribution >= 4 is 28.2 Å². The van der Waals surface area contributed by atoms with Gasteiger partial charge >= 0.3 is 5.97 Å². The molecule has 2 heterocycles. The highest BCUT2D eigenvalue weighted by Gasteiger charge is 2.19. The minimum atomic E-state index is -0.911. The Morgan fingerprint density at radius 3 is 2.64 bits per heavy atom. The predicted octanol–water partition coefficient (Wildman–Crippen LogP) is 4.86. The van der Waals surface area contributed by atoms with Crippen molar-refractivity contribution in [1.29, 1.82) is 0 Å². The summed E-state index contributed by atoms with van der Waals surface area (Å²) >= 11 is 1.61. The first kappa shape index (κ1) is 19.0. The molecule has 0 fully saturated rings. The normalized spacial score (nSPS) is 10.4. The smallest absolute Gasteiger partial charge is 0.307 e. The molecule has 1 aromatic carbocycles. The number of nitrogens with zero attached hydrogens (tertiary/aromatic N) is 1. The van der Waals surface area contributed by atoms with Crippen LogP contribution in [0.5, 0.6) is 5.75 Å². The second-order valence-corrected chi connectivity index (χ2v) is 6.34. The van der Waals surface area contributed by atoms with E-state index in [1.54, 1.807) is 17.4 Å². The van der Waals surface area contributed by atoms with Crippen LogP contribution in [0, 0.1) is 12.7 Å². The molecule has 0 saturated carbocycles. The lowest BCUT2D eigenvalue weighted by atomic mass is 10.1. The van der Waals surface area contributed by atoms with Crippen LogP contribution in [0.4, 0.5) is 4.39 Å². The van der Waals surface area contributed by atoms with Crippen LogP contribution in [0.15, 0.2) is 29.6 Å². The number of rotatable bonds is 5. The molecule has 1 N–H and O–H groups in total. The monoisotopic (exact) mass is 363 g/mol. The summed E-state index contributed by atoms with van der Waals surface area (Å²) in [6.07, 6.45) is -0.103. The number of hydrogen-bond acceptors (Lipinski definition) is 3. The summed E-state index contributed by atoms with van der Waals surface area (Å²) < 4.78 is 21.1. The molecule has 3 aromatic rings. The Hall–Kier alpha value is -2.34. The molecule has 0 aliphatic rings. The minimum absolute atomic E-state index is 0.103. The number of benzene rings is 1. The largest absolute Gasteiger partial charge is 0.494 e. The van der Waals surface area contributed by atoms with Gasteiger partial charge in [0.15, 0.2) is 11.6 Å². The molecular weight excluding hydrogens is 341 g/mol. The van der Waals surface area contributed by atoms with Crippen molar-refractivity contribution in [1.82, 2.24) is 4.57 Å². The SMILES string of the molecule is CC.COc1cc2c(CC(=O)O)c(C)n(Cc3cccs3)c2cc1F. The van der Waals surface area contributed by atoms with Crippen molar-refractivity contribution < 1.29 is 19.0 Å². The Morgan fingerprint density at radius 1 is 1.36 bits per heavy atom. The summed E-state index contributed by atoms with van der Waals surface area (Å²) in [6, 6.07) is 6.97. The molecule has 3 rings (SSSR count). The third-order valence-electron chi connectivity index (χ3n) is 3.95. The molecule has 134 valence electrons. The lowest BCUT2D eigenvalue weighted by molar-refractivity contribution is -0.136. The molecule has 0 bridgehead atoms. The summed E-state index contributed by atoms with van der Waals surface area (Å²) in [5.41, 5.74) is 2.22. The zero-order valence-corrected chi connectivity index (χ0v) is 15.6. The lowest BCUT2D eigenvalue weighted by Crippen LogP contribution is -2.04. The molecule has 0 unspecified atom stereocenters. The molecule has 6 heteroatoms. The first-order valence-corrected chi connectivity index (χ1v) is 8.98. The summed E-state index contributed by atoms with van der Waals surface area (Å²) in [7, 11) is 1.40. The van der Waals surface area contributed by atoms with Crippen LogP contribution >= 0.6 is 11.3 Å². The highest BCUT2D eigenvalue weighted by molar-refractivity contribution is 7.09. The van der Waals surface area contributed by atoms with Crippen LogP contribution in [-0.2, 0) is 17.8 Å². The number of aromatic nitrogens is 1. The number of carbonyl (C=O) groups is 1. The van der Waals surface area contributed by atoms with Gasteiger partial charge in [0.1, 0.15) is 0 Å². The average molecular weight is 363 g/mol. The molecule has 4 nitrogen and oxygen atoms in total. The van der Waals surface area contributed by atoms with E-state index < -0.39 is 11.8 Å². The summed E-state index contributed by atoms with van der Waals surface area (Å²) in [5, 5.41) is 11.9. The van der Waals surface area contributed by atoms with Gasteiger partial charge in [-0.25, -0.2) is 4.39 Å². The molecule has 0 saturated heterocycles. The Kier molecular flexibility index (Phi) is 6.20. The number of thiophene rings is 1. The van der Waals surface area contributed by atoms with E-state index in [1.807, 2.05) is 42.9 Å². The predicted molar refractivity (Wildman–Crippen MR) is 99.3 cm³/mol. The van der Waals surface area contributed by atoms with Crippen molar-refractivity contribution in [2.24, 2.45) is 0 Å². The minimum Gasteiger partial charge on any atom is -0.494 e. The van der Waals surface area contributed by atoms with E-state index in [0.717, 1.165) is 16.0 Å². The highest BCUT2D eigenvalue weighted by Crippen LogP contribution is 2.32. The maximum Gasteiger partial charge on any atom is 0.307 e. The summed E-state index contributed by atoms with van der Waals surface area (Å²) in [6.45, 7) is 6.46. The Morgan fingerprint density at radius 2 is 2.08 bits per heavy atom. The van der Waals surface area contributed by atoms with Gasteiger partial charge in [-0.3, -0.25) is 4.79 Å². The number of carboxylic acid groups (broad SMARTS) is 1. The number of methoxy groups -OCH3 is 1. The Balaban J connectivity index is 0.00000109. The fourth-order valence-electron chi connectivity index (χ4n) is 2.84. The van der Waals surface area contributed by atoms with Crippen LogP contribution in [0.25, 0.3) is 10.9 Å². The van der Waals surface area contributed by atoms with Gasteiger partial charge in [-0.05, 0) is 30.0 Å². The second-order valence-electron chi connectivity index (χ2n) is 5.30. The van der Waals surface area contributed by atoms with Crippen LogP contribution in [0.1, 0.15) is 30.0 Å². The maximum atomic E-state index is 14.1. The van der Waals surface area contributed by atoms with Gasteiger partial charge in [0.2, 0.25) is 0 Å². The molecule has 0 atom stereocenters. The van der Waals surface area contributed by atoms with E-state index in [0.29, 0.717) is 17.6 Å². The molecule has 2 aromatic heterocycles. The van der Waals surface area contributed by atoms with E-state index in [4.69, 9.17) is 4.74 Å². The van der Waals surface area contributed by atoms with E-state index >= 15 is 0 Å². The lowest BCUT2D eigenvalue weighted by Gasteiger charge is -2.08. The molecule has 0 amide bonds. The summed E-state index contributed by atoms with van der Waals surface area (Å²) in [5.74, 6) is -1.24. The summed E-state index contributed by atoms with van der Waals surface area (Å²) in [4.78, 5) is 12.3. The van der Waals surface area contributed by atoms with Crippen LogP contribution < -0.4 is 4.74 Å². The van der Waals surface area contributed by atoms with Gasteiger partial charge < -0.3 is 14.4 Å². The third kappa shape index (κ3) is 3.85. The van der Waals surface area contributed by atoms with Crippen molar-refractivity contribution in [2.75, 3.05) is 7.11 Å². The average Bonchev–Trinajstić information content (AvgIpc) is 3.19. The zero-order valence-electron chi connectivity index (χ0n) is 14.8. The molecule has 0 radical (unpaired) electrons. The first-order chi connectivity index (χ1) is 12.0. The molecule has 0 aliphatic carbocycles. The van der Waals surface area contributed by atoms with Gasteiger partial charge in [-0.15, -0.1) is 11.3 Å². The Bertz CT molecular complexity index is 869. The number of carboxylic acids is 1. The molecule has 25 heavy (non-hydrogen) atoms. The third-order valence-corrected chi connectivity index (χ3v) is 4.81. The van der Waals surface area contributed by atoms with Crippen molar-refractivity contribution in [3.63, 3.8) is 0 Å². The standard InChI is InChI=1S/C17H16FNO3S.C2H6/c1-10-12(7-17(20)21)13-6-16(22-2)14(18)8-15(13)19(10)9-11-4-3-5-23-11;1-2/h3-6,8H,7,9H2,1-2H3,(H,20,21);1-2H3. The number of halogens is 1. The zero-order chi connectivity index (χ0) is 18.6. The van der Waals surface area contributed by atoms with E-state index in [2.05, 4.69) is 0 Å². The van der Waals surface area contributed by atoms with Gasteiger partial charge in [0.05, 0.1) is 25.6 Å². The molecule has 0 aliphatic heterocycles. The maximum absolute atomic E-state index is 14.1.